The van der Waals surface area contributed by atoms with E-state index >= 15 is 0 Å². The number of amides is 3. The molecule has 0 aromatic heterocycles. The molecule has 0 unspecified atom stereocenters. The Hall–Kier alpha value is -2.38. The highest BCUT2D eigenvalue weighted by Crippen LogP contribution is 2.25. The zero-order valence-electron chi connectivity index (χ0n) is 14.2. The minimum Gasteiger partial charge on any atom is -0.491 e. The number of aliphatic hydroxyl groups excluding tert-OH is 1. The lowest BCUT2D eigenvalue weighted by molar-refractivity contribution is -0.128. The number of carbonyl (C=O) groups is 2. The number of hydrogen-bond acceptors (Lipinski definition) is 4. The van der Waals surface area contributed by atoms with Crippen molar-refractivity contribution in [2.24, 2.45) is 0 Å². The van der Waals surface area contributed by atoms with Crippen LogP contribution in [0.25, 0.3) is 0 Å². The van der Waals surface area contributed by atoms with Gasteiger partial charge in [-0.05, 0) is 37.3 Å². The summed E-state index contributed by atoms with van der Waals surface area (Å²) < 4.78 is 6.39. The average molecular weight is 419 g/mol. The molecule has 0 aliphatic carbocycles. The molecular weight excluding hydrogens is 400 g/mol. The number of β-amino-alcohol motifs (C(OH)–C–C–N with tert-alkyl or cyclic N) is 1. The van der Waals surface area contributed by atoms with Gasteiger partial charge in [-0.2, -0.15) is 0 Å². The van der Waals surface area contributed by atoms with Crippen LogP contribution in [-0.4, -0.2) is 47.2 Å². The van der Waals surface area contributed by atoms with Gasteiger partial charge in [0.25, 0.3) is 5.91 Å². The number of aliphatic hydroxyl groups is 1. The van der Waals surface area contributed by atoms with Gasteiger partial charge in [0.05, 0.1) is 6.54 Å². The summed E-state index contributed by atoms with van der Waals surface area (Å²) in [5, 5.41) is 10.2. The van der Waals surface area contributed by atoms with Gasteiger partial charge in [0.2, 0.25) is 0 Å². The zero-order chi connectivity index (χ0) is 18.7. The Labute approximate surface area is 160 Å². The van der Waals surface area contributed by atoms with E-state index in [-0.39, 0.29) is 19.1 Å². The van der Waals surface area contributed by atoms with Crippen molar-refractivity contribution < 1.29 is 19.4 Å². The summed E-state index contributed by atoms with van der Waals surface area (Å²) in [6.07, 6.45) is -0.982. The molecular formula is C19H19BrN2O4. The van der Waals surface area contributed by atoms with E-state index in [1.165, 1.54) is 4.90 Å². The second kappa shape index (κ2) is 7.88. The molecule has 1 N–H and O–H groups in total. The van der Waals surface area contributed by atoms with Crippen LogP contribution in [0.4, 0.5) is 10.5 Å². The number of benzene rings is 2. The highest BCUT2D eigenvalue weighted by atomic mass is 79.9. The number of anilines is 1. The smallest absolute Gasteiger partial charge is 0.332 e. The highest BCUT2D eigenvalue weighted by molar-refractivity contribution is 9.10. The van der Waals surface area contributed by atoms with E-state index in [4.69, 9.17) is 4.74 Å². The van der Waals surface area contributed by atoms with E-state index in [0.717, 1.165) is 9.37 Å². The van der Waals surface area contributed by atoms with Gasteiger partial charge in [0.1, 0.15) is 24.5 Å². The summed E-state index contributed by atoms with van der Waals surface area (Å²) in [4.78, 5) is 27.6. The molecule has 3 rings (SSSR count). The Morgan fingerprint density at radius 3 is 2.58 bits per heavy atom. The first-order chi connectivity index (χ1) is 12.5. The molecule has 0 radical (unpaired) electrons. The maximum absolute atomic E-state index is 12.7. The normalized spacial score (nSPS) is 18.3. The SMILES string of the molecule is C[C@@H]1C(=O)N(C[C@H](O)COc2cccc(Br)c2)C(=O)N1c1ccccc1. The van der Waals surface area contributed by atoms with Crippen molar-refractivity contribution in [3.63, 3.8) is 0 Å². The summed E-state index contributed by atoms with van der Waals surface area (Å²) in [5.41, 5.74) is 0.653. The third-order valence-electron chi connectivity index (χ3n) is 4.11. The Morgan fingerprint density at radius 2 is 1.88 bits per heavy atom. The first-order valence-corrected chi connectivity index (χ1v) is 9.02. The molecule has 136 valence electrons. The van der Waals surface area contributed by atoms with E-state index in [0.29, 0.717) is 11.4 Å². The summed E-state index contributed by atoms with van der Waals surface area (Å²) in [6, 6.07) is 15.2. The molecule has 0 spiro atoms. The zero-order valence-corrected chi connectivity index (χ0v) is 15.8. The van der Waals surface area contributed by atoms with Gasteiger partial charge in [-0.1, -0.05) is 40.2 Å². The third-order valence-corrected chi connectivity index (χ3v) is 4.61. The molecule has 26 heavy (non-hydrogen) atoms. The van der Waals surface area contributed by atoms with Crippen LogP contribution in [0, 0.1) is 0 Å². The second-order valence-corrected chi connectivity index (χ2v) is 6.95. The lowest BCUT2D eigenvalue weighted by Crippen LogP contribution is -2.40. The molecule has 2 atom stereocenters. The molecule has 1 saturated heterocycles. The first-order valence-electron chi connectivity index (χ1n) is 8.23. The van der Waals surface area contributed by atoms with Crippen molar-refractivity contribution in [2.45, 2.75) is 19.1 Å². The number of urea groups is 1. The molecule has 3 amide bonds. The van der Waals surface area contributed by atoms with Gasteiger partial charge in [0, 0.05) is 10.2 Å². The average Bonchev–Trinajstić information content (AvgIpc) is 2.84. The third kappa shape index (κ3) is 3.89. The van der Waals surface area contributed by atoms with Crippen molar-refractivity contribution in [2.75, 3.05) is 18.1 Å². The van der Waals surface area contributed by atoms with Crippen LogP contribution in [0.3, 0.4) is 0 Å². The van der Waals surface area contributed by atoms with Crippen molar-refractivity contribution in [3.8, 4) is 5.75 Å². The van der Waals surface area contributed by atoms with Crippen LogP contribution >= 0.6 is 15.9 Å². The molecule has 0 saturated carbocycles. The quantitative estimate of drug-likeness (QED) is 0.731. The number of nitrogens with zero attached hydrogens (tertiary/aromatic N) is 2. The maximum atomic E-state index is 12.7. The van der Waals surface area contributed by atoms with Gasteiger partial charge in [0.15, 0.2) is 0 Å². The van der Waals surface area contributed by atoms with E-state index in [9.17, 15) is 14.7 Å². The number of para-hydroxylation sites is 1. The Morgan fingerprint density at radius 1 is 1.15 bits per heavy atom. The highest BCUT2D eigenvalue weighted by Gasteiger charge is 2.43. The van der Waals surface area contributed by atoms with Gasteiger partial charge >= 0.3 is 6.03 Å². The fraction of sp³-hybridized carbons (Fsp3) is 0.263. The predicted molar refractivity (Wildman–Crippen MR) is 101 cm³/mol. The fourth-order valence-electron chi connectivity index (χ4n) is 2.83. The van der Waals surface area contributed by atoms with Crippen LogP contribution in [-0.2, 0) is 4.79 Å². The Bertz CT molecular complexity index is 799. The number of carbonyl (C=O) groups excluding carboxylic acids is 2. The number of rotatable bonds is 6. The molecule has 1 fully saturated rings. The van der Waals surface area contributed by atoms with Crippen molar-refractivity contribution in [1.82, 2.24) is 4.90 Å². The molecule has 6 nitrogen and oxygen atoms in total. The molecule has 0 bridgehead atoms. The Kier molecular flexibility index (Phi) is 5.58. The lowest BCUT2D eigenvalue weighted by atomic mass is 10.2. The topological polar surface area (TPSA) is 70.1 Å². The monoisotopic (exact) mass is 418 g/mol. The van der Waals surface area contributed by atoms with Crippen molar-refractivity contribution in [3.05, 3.63) is 59.1 Å². The van der Waals surface area contributed by atoms with E-state index in [1.807, 2.05) is 30.3 Å². The van der Waals surface area contributed by atoms with Crippen LogP contribution in [0.5, 0.6) is 5.75 Å². The summed E-state index contributed by atoms with van der Waals surface area (Å²) >= 11 is 3.35. The van der Waals surface area contributed by atoms with Crippen molar-refractivity contribution >= 4 is 33.6 Å². The molecule has 7 heteroatoms. The minimum atomic E-state index is -0.982. The summed E-state index contributed by atoms with van der Waals surface area (Å²) in [6.45, 7) is 1.55. The largest absolute Gasteiger partial charge is 0.491 e. The predicted octanol–water partition coefficient (Wildman–Crippen LogP) is 3.05. The summed E-state index contributed by atoms with van der Waals surface area (Å²) in [7, 11) is 0. The number of ether oxygens (including phenoxy) is 1. The van der Waals surface area contributed by atoms with Crippen LogP contribution in [0.15, 0.2) is 59.1 Å². The maximum Gasteiger partial charge on any atom is 0.332 e. The summed E-state index contributed by atoms with van der Waals surface area (Å²) in [5.74, 6) is 0.261. The van der Waals surface area contributed by atoms with Crippen LogP contribution in [0.1, 0.15) is 6.92 Å². The van der Waals surface area contributed by atoms with Crippen molar-refractivity contribution in [1.29, 1.82) is 0 Å². The lowest BCUT2D eigenvalue weighted by Gasteiger charge is -2.20. The molecule has 1 aliphatic rings. The standard InChI is InChI=1S/C19H19BrN2O4/c1-13-18(24)21(19(25)22(13)15-7-3-2-4-8-15)11-16(23)12-26-17-9-5-6-14(20)10-17/h2-10,13,16,23H,11-12H2,1H3/t13-,16+/m1/s1. The molecule has 1 heterocycles. The van der Waals surface area contributed by atoms with Crippen LogP contribution in [0.2, 0.25) is 0 Å². The number of hydrogen-bond donors (Lipinski definition) is 1. The first kappa shape index (κ1) is 18.4. The van der Waals surface area contributed by atoms with Gasteiger partial charge in [-0.15, -0.1) is 0 Å². The fourth-order valence-corrected chi connectivity index (χ4v) is 3.21. The second-order valence-electron chi connectivity index (χ2n) is 6.04. The van der Waals surface area contributed by atoms with E-state index in [1.54, 1.807) is 31.2 Å². The number of halogens is 1. The van der Waals surface area contributed by atoms with E-state index in [2.05, 4.69) is 15.9 Å². The van der Waals surface area contributed by atoms with Crippen LogP contribution < -0.4 is 9.64 Å². The Balaban J connectivity index is 1.63. The van der Waals surface area contributed by atoms with Gasteiger partial charge in [-0.3, -0.25) is 14.6 Å². The van der Waals surface area contributed by atoms with E-state index < -0.39 is 18.2 Å². The molecule has 1 aliphatic heterocycles. The molecule has 2 aromatic rings. The van der Waals surface area contributed by atoms with Gasteiger partial charge < -0.3 is 9.84 Å². The minimum absolute atomic E-state index is 0.0206. The number of imide groups is 1. The van der Waals surface area contributed by atoms with Gasteiger partial charge in [-0.25, -0.2) is 4.79 Å². The molecule has 2 aromatic carbocycles.